The second kappa shape index (κ2) is 7.16. The van der Waals surface area contributed by atoms with Crippen LogP contribution in [0.15, 0.2) is 70.3 Å². The van der Waals surface area contributed by atoms with Gasteiger partial charge >= 0.3 is 0 Å². The van der Waals surface area contributed by atoms with Crippen molar-refractivity contribution in [3.8, 4) is 0 Å². The van der Waals surface area contributed by atoms with Crippen molar-refractivity contribution in [3.63, 3.8) is 0 Å². The Balaban J connectivity index is 1.68. The molecule has 1 heterocycles. The molecule has 0 unspecified atom stereocenters. The Labute approximate surface area is 152 Å². The van der Waals surface area contributed by atoms with Crippen LogP contribution in [-0.4, -0.2) is 22.5 Å². The minimum absolute atomic E-state index is 0.302. The summed E-state index contributed by atoms with van der Waals surface area (Å²) in [4.78, 5) is 2.04. The van der Waals surface area contributed by atoms with Gasteiger partial charge in [-0.15, -0.1) is 11.3 Å². The summed E-state index contributed by atoms with van der Waals surface area (Å²) in [5.74, 6) is 0. The summed E-state index contributed by atoms with van der Waals surface area (Å²) in [5.41, 5.74) is 3.51. The van der Waals surface area contributed by atoms with Gasteiger partial charge < -0.3 is 10.2 Å². The number of benzene rings is 2. The summed E-state index contributed by atoms with van der Waals surface area (Å²) in [7, 11) is 0.486. The van der Waals surface area contributed by atoms with E-state index in [1.807, 2.05) is 55.4 Å². The predicted molar refractivity (Wildman–Crippen MR) is 106 cm³/mol. The maximum Gasteiger partial charge on any atom is 0.271 e. The summed E-state index contributed by atoms with van der Waals surface area (Å²) in [6, 6.07) is 18.5. The van der Waals surface area contributed by atoms with Crippen molar-refractivity contribution in [1.29, 1.82) is 0 Å². The Morgan fingerprint density at radius 3 is 1.92 bits per heavy atom. The molecule has 0 atom stereocenters. The standard InChI is InChI=1S/C18H19N3O2S2/c1-21(2)17-11-9-15(10-12-17)19-14-5-7-16(8-6-14)20-25(22,23)18-4-3-13-24-18/h3-13,19-20H,1-2H3. The van der Waals surface area contributed by atoms with Crippen molar-refractivity contribution < 1.29 is 8.42 Å². The molecule has 1 aromatic heterocycles. The Morgan fingerprint density at radius 1 is 0.840 bits per heavy atom. The second-order valence-corrected chi connectivity index (χ2v) is 8.54. The zero-order valence-electron chi connectivity index (χ0n) is 13.9. The van der Waals surface area contributed by atoms with Crippen LogP contribution in [0.4, 0.5) is 22.7 Å². The normalized spacial score (nSPS) is 11.1. The lowest BCUT2D eigenvalue weighted by atomic mass is 10.2. The quantitative estimate of drug-likeness (QED) is 0.674. The van der Waals surface area contributed by atoms with E-state index in [-0.39, 0.29) is 0 Å². The molecular weight excluding hydrogens is 354 g/mol. The third-order valence-corrected chi connectivity index (χ3v) is 6.35. The van der Waals surface area contributed by atoms with E-state index in [0.717, 1.165) is 17.1 Å². The summed E-state index contributed by atoms with van der Waals surface area (Å²) in [6.45, 7) is 0. The molecule has 5 nitrogen and oxygen atoms in total. The van der Waals surface area contributed by atoms with E-state index in [1.54, 1.807) is 29.6 Å². The SMILES string of the molecule is CN(C)c1ccc(Nc2ccc(NS(=O)(=O)c3cccs3)cc2)cc1. The van der Waals surface area contributed by atoms with Gasteiger partial charge in [0.05, 0.1) is 0 Å². The van der Waals surface area contributed by atoms with Crippen LogP contribution in [0.3, 0.4) is 0 Å². The van der Waals surface area contributed by atoms with Gasteiger partial charge in [0, 0.05) is 36.8 Å². The van der Waals surface area contributed by atoms with Crippen LogP contribution in [0, 0.1) is 0 Å². The molecule has 0 amide bonds. The Morgan fingerprint density at radius 2 is 1.40 bits per heavy atom. The molecule has 0 saturated heterocycles. The van der Waals surface area contributed by atoms with Gasteiger partial charge in [-0.1, -0.05) is 6.07 Å². The third-order valence-electron chi connectivity index (χ3n) is 3.57. The van der Waals surface area contributed by atoms with Crippen LogP contribution in [0.5, 0.6) is 0 Å². The Hall–Kier alpha value is -2.51. The first-order valence-electron chi connectivity index (χ1n) is 7.65. The van der Waals surface area contributed by atoms with E-state index >= 15 is 0 Å². The molecule has 0 aliphatic rings. The highest BCUT2D eigenvalue weighted by Crippen LogP contribution is 2.24. The van der Waals surface area contributed by atoms with Gasteiger partial charge in [0.2, 0.25) is 0 Å². The summed E-state index contributed by atoms with van der Waals surface area (Å²) < 4.78 is 27.3. The van der Waals surface area contributed by atoms with Crippen molar-refractivity contribution in [1.82, 2.24) is 0 Å². The third kappa shape index (κ3) is 4.32. The average Bonchev–Trinajstić information content (AvgIpc) is 3.12. The van der Waals surface area contributed by atoms with Gasteiger partial charge in [0.1, 0.15) is 4.21 Å². The van der Waals surface area contributed by atoms with Crippen molar-refractivity contribution in [2.45, 2.75) is 4.21 Å². The Kier molecular flexibility index (Phi) is 4.96. The molecule has 7 heteroatoms. The van der Waals surface area contributed by atoms with E-state index in [1.165, 1.54) is 11.3 Å². The average molecular weight is 374 g/mol. The van der Waals surface area contributed by atoms with Crippen molar-refractivity contribution in [2.24, 2.45) is 0 Å². The van der Waals surface area contributed by atoms with E-state index in [2.05, 4.69) is 10.0 Å². The van der Waals surface area contributed by atoms with Crippen molar-refractivity contribution in [3.05, 3.63) is 66.0 Å². The first kappa shape index (κ1) is 17.3. The largest absolute Gasteiger partial charge is 0.378 e. The molecular formula is C18H19N3O2S2. The zero-order valence-corrected chi connectivity index (χ0v) is 15.6. The molecule has 0 spiro atoms. The lowest BCUT2D eigenvalue weighted by Gasteiger charge is -2.13. The van der Waals surface area contributed by atoms with E-state index in [4.69, 9.17) is 0 Å². The number of anilines is 4. The summed E-state index contributed by atoms with van der Waals surface area (Å²) in [5, 5.41) is 5.03. The highest BCUT2D eigenvalue weighted by atomic mass is 32.2. The highest BCUT2D eigenvalue weighted by molar-refractivity contribution is 7.94. The smallest absolute Gasteiger partial charge is 0.271 e. The second-order valence-electron chi connectivity index (χ2n) is 5.68. The topological polar surface area (TPSA) is 61.4 Å². The molecule has 25 heavy (non-hydrogen) atoms. The molecule has 2 aromatic carbocycles. The monoisotopic (exact) mass is 373 g/mol. The van der Waals surface area contributed by atoms with Crippen LogP contribution in [0.1, 0.15) is 0 Å². The van der Waals surface area contributed by atoms with Gasteiger partial charge in [0.15, 0.2) is 0 Å². The minimum Gasteiger partial charge on any atom is -0.378 e. The van der Waals surface area contributed by atoms with Crippen LogP contribution in [0.2, 0.25) is 0 Å². The highest BCUT2D eigenvalue weighted by Gasteiger charge is 2.14. The molecule has 0 bridgehead atoms. The van der Waals surface area contributed by atoms with Gasteiger partial charge in [0.25, 0.3) is 10.0 Å². The van der Waals surface area contributed by atoms with Gasteiger partial charge in [-0.2, -0.15) is 0 Å². The maximum absolute atomic E-state index is 12.2. The molecule has 0 saturated carbocycles. The fourth-order valence-electron chi connectivity index (χ4n) is 2.25. The number of rotatable bonds is 6. The van der Waals surface area contributed by atoms with Crippen LogP contribution in [0.25, 0.3) is 0 Å². The maximum atomic E-state index is 12.2. The fraction of sp³-hybridized carbons (Fsp3) is 0.111. The first-order chi connectivity index (χ1) is 11.9. The number of nitrogens with one attached hydrogen (secondary N) is 2. The van der Waals surface area contributed by atoms with Crippen LogP contribution >= 0.6 is 11.3 Å². The number of sulfonamides is 1. The summed E-state index contributed by atoms with van der Waals surface area (Å²) in [6.07, 6.45) is 0. The zero-order chi connectivity index (χ0) is 17.9. The molecule has 0 aliphatic heterocycles. The number of hydrogen-bond donors (Lipinski definition) is 2. The minimum atomic E-state index is -3.51. The van der Waals surface area contributed by atoms with E-state index in [0.29, 0.717) is 9.90 Å². The lowest BCUT2D eigenvalue weighted by molar-refractivity contribution is 0.603. The summed E-state index contributed by atoms with van der Waals surface area (Å²) >= 11 is 1.19. The fourth-order valence-corrected chi connectivity index (χ4v) is 4.30. The van der Waals surface area contributed by atoms with E-state index < -0.39 is 10.0 Å². The van der Waals surface area contributed by atoms with Gasteiger partial charge in [-0.25, -0.2) is 8.42 Å². The molecule has 0 fully saturated rings. The molecule has 130 valence electrons. The molecule has 3 rings (SSSR count). The number of hydrogen-bond acceptors (Lipinski definition) is 5. The van der Waals surface area contributed by atoms with Gasteiger partial charge in [-0.05, 0) is 60.0 Å². The lowest BCUT2D eigenvalue weighted by Crippen LogP contribution is -2.11. The Bertz CT molecular complexity index is 917. The molecule has 2 N–H and O–H groups in total. The first-order valence-corrected chi connectivity index (χ1v) is 10.0. The van der Waals surface area contributed by atoms with Crippen LogP contribution in [-0.2, 0) is 10.0 Å². The van der Waals surface area contributed by atoms with Crippen molar-refractivity contribution >= 4 is 44.1 Å². The number of thiophene rings is 1. The number of nitrogens with zero attached hydrogens (tertiary/aromatic N) is 1. The molecule has 3 aromatic rings. The van der Waals surface area contributed by atoms with Gasteiger partial charge in [-0.3, -0.25) is 4.72 Å². The van der Waals surface area contributed by atoms with Crippen molar-refractivity contribution in [2.75, 3.05) is 29.0 Å². The predicted octanol–water partition coefficient (Wildman–Crippen LogP) is 4.36. The molecule has 0 aliphatic carbocycles. The molecule has 0 radical (unpaired) electrons. The van der Waals surface area contributed by atoms with Crippen LogP contribution < -0.4 is 14.9 Å². The van der Waals surface area contributed by atoms with E-state index in [9.17, 15) is 8.42 Å².